The quantitative estimate of drug-likeness (QED) is 0.165. The van der Waals surface area contributed by atoms with Crippen LogP contribution in [0.2, 0.25) is 0 Å². The summed E-state index contributed by atoms with van der Waals surface area (Å²) in [5.41, 5.74) is 5.30. The standard InChI is InChI=1S/C18H31N5O8/c1-9(2)14(22-13(26)6-19)17(29)23-5-3-4-12(23)16(28)20-10(7-24)15(27)21-11(8-25)18(30)31/h9-12,14,24-25H,3-8,19H2,1-2H3,(H,20,28)(H,21,27)(H,22,26)(H,30,31)/t10-,11-,12-,14-/m0/s1. The van der Waals surface area contributed by atoms with Crippen LogP contribution in [0.3, 0.4) is 0 Å². The van der Waals surface area contributed by atoms with Crippen molar-refractivity contribution in [2.24, 2.45) is 11.7 Å². The van der Waals surface area contributed by atoms with Gasteiger partial charge in [-0.25, -0.2) is 4.79 Å². The maximum atomic E-state index is 13.0. The smallest absolute Gasteiger partial charge is 0.328 e. The number of carboxylic acids is 1. The van der Waals surface area contributed by atoms with Crippen LogP contribution in [0.5, 0.6) is 0 Å². The summed E-state index contributed by atoms with van der Waals surface area (Å²) in [6.07, 6.45) is 0.822. The molecule has 0 bridgehead atoms. The second-order valence-corrected chi connectivity index (χ2v) is 7.51. The van der Waals surface area contributed by atoms with Gasteiger partial charge in [0, 0.05) is 6.54 Å². The third-order valence-corrected chi connectivity index (χ3v) is 4.89. The molecule has 13 heteroatoms. The second kappa shape index (κ2) is 12.2. The first-order valence-electron chi connectivity index (χ1n) is 9.92. The highest BCUT2D eigenvalue weighted by atomic mass is 16.4. The van der Waals surface area contributed by atoms with E-state index in [1.165, 1.54) is 4.90 Å². The van der Waals surface area contributed by atoms with Crippen molar-refractivity contribution in [3.8, 4) is 0 Å². The average Bonchev–Trinajstić information content (AvgIpc) is 3.22. The molecule has 0 radical (unpaired) electrons. The van der Waals surface area contributed by atoms with Crippen molar-refractivity contribution in [1.82, 2.24) is 20.9 Å². The number of carbonyl (C=O) groups is 5. The maximum Gasteiger partial charge on any atom is 0.328 e. The second-order valence-electron chi connectivity index (χ2n) is 7.51. The highest BCUT2D eigenvalue weighted by Crippen LogP contribution is 2.20. The molecule has 0 spiro atoms. The summed E-state index contributed by atoms with van der Waals surface area (Å²) in [7, 11) is 0. The van der Waals surface area contributed by atoms with Gasteiger partial charge in [0.05, 0.1) is 19.8 Å². The molecule has 0 aromatic carbocycles. The Morgan fingerprint density at radius 2 is 1.65 bits per heavy atom. The highest BCUT2D eigenvalue weighted by molar-refractivity contribution is 5.95. The number of rotatable bonds is 11. The Morgan fingerprint density at radius 3 is 2.13 bits per heavy atom. The monoisotopic (exact) mass is 445 g/mol. The summed E-state index contributed by atoms with van der Waals surface area (Å²) in [4.78, 5) is 61.8. The Morgan fingerprint density at radius 1 is 1.03 bits per heavy atom. The maximum absolute atomic E-state index is 13.0. The first-order chi connectivity index (χ1) is 14.6. The number of hydrogen-bond donors (Lipinski definition) is 7. The van der Waals surface area contributed by atoms with Gasteiger partial charge in [0.15, 0.2) is 0 Å². The fourth-order valence-corrected chi connectivity index (χ4v) is 3.15. The lowest BCUT2D eigenvalue weighted by molar-refractivity contribution is -0.144. The van der Waals surface area contributed by atoms with Gasteiger partial charge in [-0.1, -0.05) is 13.8 Å². The number of hydrogen-bond acceptors (Lipinski definition) is 8. The molecule has 0 aliphatic carbocycles. The molecule has 0 unspecified atom stereocenters. The normalized spacial score (nSPS) is 18.8. The molecule has 4 atom stereocenters. The summed E-state index contributed by atoms with van der Waals surface area (Å²) < 4.78 is 0. The molecule has 13 nitrogen and oxygen atoms in total. The SMILES string of the molecule is CC(C)[C@H](NC(=O)CN)C(=O)N1CCC[C@H]1C(=O)N[C@@H](CO)C(=O)N[C@@H](CO)C(=O)O. The lowest BCUT2D eigenvalue weighted by Crippen LogP contribution is -2.59. The van der Waals surface area contributed by atoms with Gasteiger partial charge in [-0.2, -0.15) is 0 Å². The van der Waals surface area contributed by atoms with Crippen LogP contribution >= 0.6 is 0 Å². The van der Waals surface area contributed by atoms with Crippen molar-refractivity contribution in [3.63, 3.8) is 0 Å². The minimum Gasteiger partial charge on any atom is -0.480 e. The van der Waals surface area contributed by atoms with Crippen molar-refractivity contribution in [2.45, 2.75) is 50.9 Å². The zero-order valence-electron chi connectivity index (χ0n) is 17.5. The third kappa shape index (κ3) is 7.15. The van der Waals surface area contributed by atoms with Crippen molar-refractivity contribution in [3.05, 3.63) is 0 Å². The van der Waals surface area contributed by atoms with Gasteiger partial charge in [-0.05, 0) is 18.8 Å². The molecule has 1 aliphatic heterocycles. The summed E-state index contributed by atoms with van der Waals surface area (Å²) >= 11 is 0. The molecule has 1 aliphatic rings. The minimum atomic E-state index is -1.60. The molecule has 0 aromatic heterocycles. The molecule has 8 N–H and O–H groups in total. The zero-order valence-corrected chi connectivity index (χ0v) is 17.5. The van der Waals surface area contributed by atoms with E-state index in [-0.39, 0.29) is 19.0 Å². The van der Waals surface area contributed by atoms with Crippen LogP contribution in [0.25, 0.3) is 0 Å². The van der Waals surface area contributed by atoms with Gasteiger partial charge in [0.25, 0.3) is 0 Å². The highest BCUT2D eigenvalue weighted by Gasteiger charge is 2.39. The molecule has 0 aromatic rings. The van der Waals surface area contributed by atoms with E-state index >= 15 is 0 Å². The van der Waals surface area contributed by atoms with E-state index in [0.717, 1.165) is 0 Å². The van der Waals surface area contributed by atoms with E-state index in [2.05, 4.69) is 10.6 Å². The van der Waals surface area contributed by atoms with Crippen LogP contribution in [0.15, 0.2) is 0 Å². The minimum absolute atomic E-state index is 0.264. The molecule has 1 rings (SSSR count). The molecule has 31 heavy (non-hydrogen) atoms. The molecular formula is C18H31N5O8. The van der Waals surface area contributed by atoms with Gasteiger partial charge >= 0.3 is 5.97 Å². The Kier molecular flexibility index (Phi) is 10.3. The number of aliphatic hydroxyl groups is 2. The summed E-state index contributed by atoms with van der Waals surface area (Å²) in [5, 5.41) is 34.2. The van der Waals surface area contributed by atoms with Crippen LogP contribution in [-0.2, 0) is 24.0 Å². The van der Waals surface area contributed by atoms with Crippen LogP contribution in [0, 0.1) is 5.92 Å². The predicted molar refractivity (Wildman–Crippen MR) is 106 cm³/mol. The Labute approximate surface area is 179 Å². The van der Waals surface area contributed by atoms with E-state index < -0.39 is 67.0 Å². The van der Waals surface area contributed by atoms with E-state index in [0.29, 0.717) is 12.8 Å². The number of carboxylic acid groups (broad SMARTS) is 1. The van der Waals surface area contributed by atoms with Gasteiger partial charge in [-0.3, -0.25) is 19.2 Å². The van der Waals surface area contributed by atoms with Gasteiger partial charge in [0.1, 0.15) is 24.2 Å². The van der Waals surface area contributed by atoms with E-state index in [1.807, 2.05) is 5.32 Å². The number of aliphatic hydroxyl groups excluding tert-OH is 2. The molecule has 1 fully saturated rings. The van der Waals surface area contributed by atoms with Crippen LogP contribution in [-0.4, -0.2) is 100 Å². The number of amides is 4. The molecule has 4 amide bonds. The fraction of sp³-hybridized carbons (Fsp3) is 0.722. The number of nitrogens with zero attached hydrogens (tertiary/aromatic N) is 1. The van der Waals surface area contributed by atoms with Crippen LogP contribution < -0.4 is 21.7 Å². The molecule has 0 saturated carbocycles. The van der Waals surface area contributed by atoms with E-state index in [1.54, 1.807) is 13.8 Å². The van der Waals surface area contributed by atoms with Crippen LogP contribution in [0.1, 0.15) is 26.7 Å². The van der Waals surface area contributed by atoms with Gasteiger partial charge < -0.3 is 41.9 Å². The number of likely N-dealkylation sites (tertiary alicyclic amines) is 1. The van der Waals surface area contributed by atoms with Crippen LogP contribution in [0.4, 0.5) is 0 Å². The zero-order chi connectivity index (χ0) is 23.7. The number of carbonyl (C=O) groups excluding carboxylic acids is 4. The first kappa shape index (κ1) is 26.3. The van der Waals surface area contributed by atoms with Gasteiger partial charge in [0.2, 0.25) is 23.6 Å². The number of nitrogens with two attached hydrogens (primary N) is 1. The molecule has 176 valence electrons. The Hall–Kier alpha value is -2.77. The van der Waals surface area contributed by atoms with E-state index in [9.17, 15) is 29.1 Å². The van der Waals surface area contributed by atoms with Crippen molar-refractivity contribution in [1.29, 1.82) is 0 Å². The predicted octanol–water partition coefficient (Wildman–Crippen LogP) is -3.88. The van der Waals surface area contributed by atoms with Gasteiger partial charge in [-0.15, -0.1) is 0 Å². The Bertz CT molecular complexity index is 686. The van der Waals surface area contributed by atoms with Crippen molar-refractivity contribution >= 4 is 29.6 Å². The summed E-state index contributed by atoms with van der Waals surface area (Å²) in [6, 6.07) is -4.89. The number of nitrogens with one attached hydrogen (secondary N) is 3. The third-order valence-electron chi connectivity index (χ3n) is 4.89. The average molecular weight is 445 g/mol. The lowest BCUT2D eigenvalue weighted by Gasteiger charge is -2.31. The topological polar surface area (TPSA) is 211 Å². The summed E-state index contributed by atoms with van der Waals surface area (Å²) in [5.74, 6) is -4.43. The molecule has 1 heterocycles. The fourth-order valence-electron chi connectivity index (χ4n) is 3.15. The van der Waals surface area contributed by atoms with Crippen molar-refractivity contribution < 1.29 is 39.3 Å². The Balaban J connectivity index is 2.88. The molecular weight excluding hydrogens is 414 g/mol. The molecule has 1 saturated heterocycles. The largest absolute Gasteiger partial charge is 0.480 e. The van der Waals surface area contributed by atoms with E-state index in [4.69, 9.17) is 15.9 Å². The number of aliphatic carboxylic acids is 1. The first-order valence-corrected chi connectivity index (χ1v) is 9.92. The summed E-state index contributed by atoms with van der Waals surface area (Å²) in [6.45, 7) is 1.74. The lowest BCUT2D eigenvalue weighted by atomic mass is 10.0. The van der Waals surface area contributed by atoms with Crippen molar-refractivity contribution in [2.75, 3.05) is 26.3 Å².